The molecule has 0 aliphatic carbocycles. The molecule has 1 fully saturated rings. The number of thiazole rings is 1. The van der Waals surface area contributed by atoms with Gasteiger partial charge in [-0.1, -0.05) is 12.1 Å². The summed E-state index contributed by atoms with van der Waals surface area (Å²) in [5, 5.41) is 5.49. The van der Waals surface area contributed by atoms with Gasteiger partial charge in [-0.05, 0) is 37.0 Å². The van der Waals surface area contributed by atoms with Crippen LogP contribution in [0.25, 0.3) is 0 Å². The lowest BCUT2D eigenvalue weighted by Gasteiger charge is -2.10. The Hall–Kier alpha value is -2.41. The van der Waals surface area contributed by atoms with Crippen LogP contribution in [-0.2, 0) is 22.4 Å². The van der Waals surface area contributed by atoms with Gasteiger partial charge in [0.2, 0.25) is 11.8 Å². The molecule has 26 heavy (non-hydrogen) atoms. The monoisotopic (exact) mass is 373 g/mol. The van der Waals surface area contributed by atoms with Gasteiger partial charge < -0.3 is 10.1 Å². The van der Waals surface area contributed by atoms with E-state index in [0.29, 0.717) is 18.1 Å². The van der Waals surface area contributed by atoms with E-state index in [-0.39, 0.29) is 18.2 Å². The zero-order valence-corrected chi connectivity index (χ0v) is 15.7. The van der Waals surface area contributed by atoms with E-state index in [1.807, 2.05) is 29.6 Å². The lowest BCUT2D eigenvalue weighted by Crippen LogP contribution is -2.27. The standard InChI is InChI=1S/C19H23N3O3S/c1-25-16-8-6-14(7-9-16)4-2-10-20-17(23)12-15-13-26-19(21-15)22-11-3-5-18(22)24/h6-9,13H,2-5,10-12H2,1H3,(H,20,23). The molecule has 3 rings (SSSR count). The van der Waals surface area contributed by atoms with Crippen LogP contribution in [0.15, 0.2) is 29.6 Å². The fourth-order valence-corrected chi connectivity index (χ4v) is 3.76. The van der Waals surface area contributed by atoms with E-state index < -0.39 is 0 Å². The van der Waals surface area contributed by atoms with E-state index in [2.05, 4.69) is 10.3 Å². The molecule has 0 bridgehead atoms. The summed E-state index contributed by atoms with van der Waals surface area (Å²) in [6, 6.07) is 7.96. The first kappa shape index (κ1) is 18.4. The van der Waals surface area contributed by atoms with Crippen molar-refractivity contribution in [2.45, 2.75) is 32.1 Å². The molecule has 1 aromatic heterocycles. The second-order valence-electron chi connectivity index (χ2n) is 6.25. The lowest BCUT2D eigenvalue weighted by atomic mass is 10.1. The molecule has 1 aliphatic rings. The third-order valence-electron chi connectivity index (χ3n) is 4.31. The number of nitrogens with zero attached hydrogens (tertiary/aromatic N) is 2. The number of methoxy groups -OCH3 is 1. The third-order valence-corrected chi connectivity index (χ3v) is 5.22. The number of amides is 2. The Kier molecular flexibility index (Phi) is 6.22. The summed E-state index contributed by atoms with van der Waals surface area (Å²) in [6.45, 7) is 1.36. The van der Waals surface area contributed by atoms with Crippen molar-refractivity contribution < 1.29 is 14.3 Å². The van der Waals surface area contributed by atoms with Gasteiger partial charge in [0, 0.05) is 24.9 Å². The largest absolute Gasteiger partial charge is 0.497 e. The number of aryl methyl sites for hydroxylation is 1. The maximum absolute atomic E-state index is 12.1. The van der Waals surface area contributed by atoms with Crippen molar-refractivity contribution in [2.24, 2.45) is 0 Å². The van der Waals surface area contributed by atoms with Crippen LogP contribution in [0.1, 0.15) is 30.5 Å². The van der Waals surface area contributed by atoms with Crippen molar-refractivity contribution in [1.82, 2.24) is 10.3 Å². The topological polar surface area (TPSA) is 71.5 Å². The van der Waals surface area contributed by atoms with Crippen LogP contribution in [0.4, 0.5) is 5.13 Å². The van der Waals surface area contributed by atoms with E-state index in [9.17, 15) is 9.59 Å². The molecule has 1 N–H and O–H groups in total. The van der Waals surface area contributed by atoms with Crippen molar-refractivity contribution in [3.05, 3.63) is 40.9 Å². The molecular formula is C19H23N3O3S. The second kappa shape index (κ2) is 8.80. The average molecular weight is 373 g/mol. The number of carbonyl (C=O) groups is 2. The fraction of sp³-hybridized carbons (Fsp3) is 0.421. The summed E-state index contributed by atoms with van der Waals surface area (Å²) in [7, 11) is 1.65. The Morgan fingerprint density at radius 3 is 2.85 bits per heavy atom. The minimum atomic E-state index is -0.0377. The smallest absolute Gasteiger partial charge is 0.228 e. The Labute approximate surface area is 157 Å². The van der Waals surface area contributed by atoms with E-state index in [1.165, 1.54) is 16.9 Å². The number of hydrogen-bond acceptors (Lipinski definition) is 5. The maximum atomic E-state index is 12.1. The van der Waals surface area contributed by atoms with E-state index in [1.54, 1.807) is 12.0 Å². The molecule has 1 saturated heterocycles. The summed E-state index contributed by atoms with van der Waals surface area (Å²) in [6.07, 6.45) is 3.50. The molecule has 1 aliphatic heterocycles. The van der Waals surface area contributed by atoms with Crippen LogP contribution >= 0.6 is 11.3 Å². The summed E-state index contributed by atoms with van der Waals surface area (Å²) in [4.78, 5) is 29.9. The number of aromatic nitrogens is 1. The number of benzene rings is 1. The number of ether oxygens (including phenoxy) is 1. The van der Waals surface area contributed by atoms with Crippen molar-refractivity contribution >= 4 is 28.3 Å². The van der Waals surface area contributed by atoms with Gasteiger partial charge in [-0.3, -0.25) is 14.5 Å². The first-order valence-electron chi connectivity index (χ1n) is 8.80. The van der Waals surface area contributed by atoms with Crippen LogP contribution in [0.5, 0.6) is 5.75 Å². The number of hydrogen-bond donors (Lipinski definition) is 1. The lowest BCUT2D eigenvalue weighted by molar-refractivity contribution is -0.120. The van der Waals surface area contributed by atoms with Gasteiger partial charge in [0.15, 0.2) is 5.13 Å². The van der Waals surface area contributed by atoms with Crippen LogP contribution in [0, 0.1) is 0 Å². The molecule has 2 aromatic rings. The number of carbonyl (C=O) groups excluding carboxylic acids is 2. The van der Waals surface area contributed by atoms with Crippen molar-refractivity contribution in [2.75, 3.05) is 25.1 Å². The highest BCUT2D eigenvalue weighted by molar-refractivity contribution is 7.14. The van der Waals surface area contributed by atoms with Crippen molar-refractivity contribution in [3.8, 4) is 5.75 Å². The second-order valence-corrected chi connectivity index (χ2v) is 7.09. The molecule has 0 unspecified atom stereocenters. The minimum Gasteiger partial charge on any atom is -0.497 e. The predicted octanol–water partition coefficient (Wildman–Crippen LogP) is 2.57. The summed E-state index contributed by atoms with van der Waals surface area (Å²) < 4.78 is 5.14. The zero-order valence-electron chi connectivity index (χ0n) is 14.9. The molecule has 2 amide bonds. The van der Waals surface area contributed by atoms with Gasteiger partial charge in [-0.25, -0.2) is 4.98 Å². The van der Waals surface area contributed by atoms with E-state index in [0.717, 1.165) is 37.3 Å². The molecule has 0 saturated carbocycles. The van der Waals surface area contributed by atoms with Gasteiger partial charge >= 0.3 is 0 Å². The van der Waals surface area contributed by atoms with Crippen molar-refractivity contribution in [3.63, 3.8) is 0 Å². The number of anilines is 1. The zero-order chi connectivity index (χ0) is 18.4. The van der Waals surface area contributed by atoms with E-state index in [4.69, 9.17) is 4.74 Å². The first-order valence-corrected chi connectivity index (χ1v) is 9.68. The van der Waals surface area contributed by atoms with Crippen LogP contribution in [0.2, 0.25) is 0 Å². The van der Waals surface area contributed by atoms with Gasteiger partial charge in [-0.2, -0.15) is 0 Å². The molecule has 0 radical (unpaired) electrons. The van der Waals surface area contributed by atoms with Gasteiger partial charge in [0.05, 0.1) is 19.2 Å². The molecule has 6 nitrogen and oxygen atoms in total. The van der Waals surface area contributed by atoms with Crippen LogP contribution in [-0.4, -0.2) is 37.0 Å². The van der Waals surface area contributed by atoms with E-state index >= 15 is 0 Å². The number of nitrogens with one attached hydrogen (secondary N) is 1. The highest BCUT2D eigenvalue weighted by atomic mass is 32.1. The molecule has 2 heterocycles. The fourth-order valence-electron chi connectivity index (χ4n) is 2.89. The highest BCUT2D eigenvalue weighted by Crippen LogP contribution is 2.25. The average Bonchev–Trinajstić information content (AvgIpc) is 3.28. The number of rotatable bonds is 8. The molecule has 0 atom stereocenters. The predicted molar refractivity (Wildman–Crippen MR) is 102 cm³/mol. The molecule has 7 heteroatoms. The van der Waals surface area contributed by atoms with Crippen LogP contribution < -0.4 is 15.0 Å². The quantitative estimate of drug-likeness (QED) is 0.722. The summed E-state index contributed by atoms with van der Waals surface area (Å²) >= 11 is 1.42. The Morgan fingerprint density at radius 2 is 2.15 bits per heavy atom. The van der Waals surface area contributed by atoms with Crippen LogP contribution in [0.3, 0.4) is 0 Å². The maximum Gasteiger partial charge on any atom is 0.228 e. The highest BCUT2D eigenvalue weighted by Gasteiger charge is 2.24. The Bertz CT molecular complexity index is 758. The Morgan fingerprint density at radius 1 is 1.35 bits per heavy atom. The summed E-state index contributed by atoms with van der Waals surface area (Å²) in [5.74, 6) is 0.929. The van der Waals surface area contributed by atoms with Gasteiger partial charge in [0.1, 0.15) is 5.75 Å². The molecular weight excluding hydrogens is 350 g/mol. The molecule has 138 valence electrons. The molecule has 0 spiro atoms. The van der Waals surface area contributed by atoms with Gasteiger partial charge in [-0.15, -0.1) is 11.3 Å². The van der Waals surface area contributed by atoms with Crippen molar-refractivity contribution in [1.29, 1.82) is 0 Å². The Balaban J connectivity index is 1.38. The van der Waals surface area contributed by atoms with Gasteiger partial charge in [0.25, 0.3) is 0 Å². The third kappa shape index (κ3) is 4.82. The summed E-state index contributed by atoms with van der Waals surface area (Å²) in [5.41, 5.74) is 1.94. The normalized spacial score (nSPS) is 13.9. The minimum absolute atomic E-state index is 0.0377. The molecule has 1 aromatic carbocycles. The SMILES string of the molecule is COc1ccc(CCCNC(=O)Cc2csc(N3CCCC3=O)n2)cc1. The first-order chi connectivity index (χ1) is 12.7.